The lowest BCUT2D eigenvalue weighted by molar-refractivity contribution is 0.0933. The molecule has 2 N–H and O–H groups in total. The van der Waals surface area contributed by atoms with Gasteiger partial charge in [0.25, 0.3) is 11.5 Å². The van der Waals surface area contributed by atoms with Crippen LogP contribution >= 0.6 is 11.3 Å². The molecule has 0 aliphatic heterocycles. The van der Waals surface area contributed by atoms with Gasteiger partial charge in [0, 0.05) is 28.6 Å². The highest BCUT2D eigenvalue weighted by Crippen LogP contribution is 2.34. The van der Waals surface area contributed by atoms with Crippen molar-refractivity contribution < 1.29 is 13.6 Å². The second-order valence-electron chi connectivity index (χ2n) is 7.76. The molecule has 1 aromatic carbocycles. The molecule has 0 aliphatic rings. The Bertz CT molecular complexity index is 1420. The maximum absolute atomic E-state index is 14.0. The number of carbonyl (C=O) groups is 1. The van der Waals surface area contributed by atoms with Gasteiger partial charge in [0.1, 0.15) is 17.2 Å². The topological polar surface area (TPSA) is 88.9 Å². The van der Waals surface area contributed by atoms with Gasteiger partial charge in [0.2, 0.25) is 5.95 Å². The van der Waals surface area contributed by atoms with E-state index in [1.54, 1.807) is 6.07 Å². The third kappa shape index (κ3) is 5.50. The Balaban J connectivity index is 1.54. The fourth-order valence-electron chi connectivity index (χ4n) is 3.50. The summed E-state index contributed by atoms with van der Waals surface area (Å²) in [5.41, 5.74) is 0.995. The van der Waals surface area contributed by atoms with Gasteiger partial charge in [-0.05, 0) is 67.1 Å². The predicted octanol–water partition coefficient (Wildman–Crippen LogP) is 4.23. The number of carbonyl (C=O) groups excluding carboxylic acids is 1. The lowest BCUT2D eigenvalue weighted by Crippen LogP contribution is -2.30. The van der Waals surface area contributed by atoms with E-state index in [-0.39, 0.29) is 23.2 Å². The quantitative estimate of drug-likeness (QED) is 0.357. The van der Waals surface area contributed by atoms with Gasteiger partial charge in [-0.2, -0.15) is 14.2 Å². The number of nitrogens with zero attached hydrogens (tertiary/aromatic N) is 3. The van der Waals surface area contributed by atoms with Crippen LogP contribution in [-0.4, -0.2) is 27.2 Å². The zero-order valence-electron chi connectivity index (χ0n) is 19.1. The maximum atomic E-state index is 14.0. The molecule has 4 aromatic rings. The summed E-state index contributed by atoms with van der Waals surface area (Å²) in [4.78, 5) is 30.3. The van der Waals surface area contributed by atoms with Gasteiger partial charge in [-0.3, -0.25) is 9.59 Å². The summed E-state index contributed by atoms with van der Waals surface area (Å²) < 4.78 is 28.8. The van der Waals surface area contributed by atoms with E-state index < -0.39 is 17.4 Å². The smallest absolute Gasteiger partial charge is 0.272 e. The molecule has 0 spiro atoms. The van der Waals surface area contributed by atoms with Crippen LogP contribution in [0.3, 0.4) is 0 Å². The minimum absolute atomic E-state index is 0.0467. The fourth-order valence-corrected chi connectivity index (χ4v) is 4.57. The summed E-state index contributed by atoms with van der Waals surface area (Å²) >= 11 is 1.45. The number of hydrogen-bond acceptors (Lipinski definition) is 6. The number of nitrogens with one attached hydrogen (secondary N) is 2. The summed E-state index contributed by atoms with van der Waals surface area (Å²) in [6.45, 7) is 5.23. The summed E-state index contributed by atoms with van der Waals surface area (Å²) in [6, 6.07) is 13.4. The predicted molar refractivity (Wildman–Crippen MR) is 131 cm³/mol. The van der Waals surface area contributed by atoms with Crippen molar-refractivity contribution in [2.75, 3.05) is 6.54 Å². The van der Waals surface area contributed by atoms with Crippen LogP contribution in [0, 0.1) is 11.8 Å². The van der Waals surface area contributed by atoms with Crippen LogP contribution in [0.25, 0.3) is 16.1 Å². The Hall–Kier alpha value is -3.76. The van der Waals surface area contributed by atoms with E-state index in [4.69, 9.17) is 0 Å². The number of amides is 1. The van der Waals surface area contributed by atoms with Gasteiger partial charge in [-0.1, -0.05) is 13.0 Å². The first-order valence-electron chi connectivity index (χ1n) is 11.0. The molecule has 0 unspecified atom stereocenters. The molecule has 1 amide bonds. The molecular weight excluding hydrogens is 472 g/mol. The first-order chi connectivity index (χ1) is 16.9. The SMILES string of the molecule is CCNCc1ccc(F)cc1-c1ccc([C@@H](C)NC(=O)c2ccc(=O)n(-c3cccnc3F)n2)s1. The molecule has 0 saturated heterocycles. The molecular formula is C25H23F2N5O2S. The summed E-state index contributed by atoms with van der Waals surface area (Å²) in [7, 11) is 0. The molecule has 0 radical (unpaired) electrons. The number of benzene rings is 1. The third-order valence-corrected chi connectivity index (χ3v) is 6.61. The van der Waals surface area contributed by atoms with E-state index in [2.05, 4.69) is 20.7 Å². The zero-order chi connectivity index (χ0) is 24.9. The van der Waals surface area contributed by atoms with Crippen LogP contribution in [0.2, 0.25) is 0 Å². The van der Waals surface area contributed by atoms with E-state index >= 15 is 0 Å². The molecule has 35 heavy (non-hydrogen) atoms. The Morgan fingerprint density at radius 2 is 1.97 bits per heavy atom. The number of aromatic nitrogens is 3. The van der Waals surface area contributed by atoms with Crippen molar-refractivity contribution >= 4 is 17.2 Å². The molecule has 180 valence electrons. The molecule has 0 bridgehead atoms. The maximum Gasteiger partial charge on any atom is 0.272 e. The lowest BCUT2D eigenvalue weighted by atomic mass is 10.1. The van der Waals surface area contributed by atoms with E-state index in [0.717, 1.165) is 38.2 Å². The number of rotatable bonds is 8. The molecule has 3 heterocycles. The molecule has 1 atom stereocenters. The van der Waals surface area contributed by atoms with E-state index in [9.17, 15) is 18.4 Å². The first-order valence-corrected chi connectivity index (χ1v) is 11.8. The highest BCUT2D eigenvalue weighted by atomic mass is 32.1. The second-order valence-corrected chi connectivity index (χ2v) is 8.88. The third-order valence-electron chi connectivity index (χ3n) is 5.30. The molecule has 0 saturated carbocycles. The summed E-state index contributed by atoms with van der Waals surface area (Å²) in [6.07, 6.45) is 1.25. The lowest BCUT2D eigenvalue weighted by Gasteiger charge is -2.13. The van der Waals surface area contributed by atoms with E-state index in [0.29, 0.717) is 6.54 Å². The molecule has 3 aromatic heterocycles. The number of hydrogen-bond donors (Lipinski definition) is 2. The van der Waals surface area contributed by atoms with E-state index in [1.807, 2.05) is 26.0 Å². The van der Waals surface area contributed by atoms with E-state index in [1.165, 1.54) is 47.9 Å². The van der Waals surface area contributed by atoms with Gasteiger partial charge in [-0.15, -0.1) is 11.3 Å². The highest BCUT2D eigenvalue weighted by molar-refractivity contribution is 7.15. The number of thiophene rings is 1. The minimum Gasteiger partial charge on any atom is -0.343 e. The van der Waals surface area contributed by atoms with Gasteiger partial charge < -0.3 is 10.6 Å². The van der Waals surface area contributed by atoms with Crippen molar-refractivity contribution in [1.29, 1.82) is 0 Å². The van der Waals surface area contributed by atoms with Crippen LogP contribution < -0.4 is 16.2 Å². The van der Waals surface area contributed by atoms with Crippen molar-refractivity contribution in [1.82, 2.24) is 25.4 Å². The van der Waals surface area contributed by atoms with Gasteiger partial charge in [0.15, 0.2) is 0 Å². The summed E-state index contributed by atoms with van der Waals surface area (Å²) in [5, 5.41) is 10.1. The molecule has 0 aliphatic carbocycles. The number of pyridine rings is 1. The monoisotopic (exact) mass is 495 g/mol. The Kier molecular flexibility index (Phi) is 7.42. The van der Waals surface area contributed by atoms with Gasteiger partial charge in [-0.25, -0.2) is 9.37 Å². The Morgan fingerprint density at radius 1 is 1.14 bits per heavy atom. The van der Waals surface area contributed by atoms with Crippen LogP contribution in [-0.2, 0) is 6.54 Å². The van der Waals surface area contributed by atoms with Crippen LogP contribution in [0.15, 0.2) is 65.6 Å². The van der Waals surface area contributed by atoms with Crippen LogP contribution in [0.4, 0.5) is 8.78 Å². The average Bonchev–Trinajstić information content (AvgIpc) is 3.34. The zero-order valence-corrected chi connectivity index (χ0v) is 19.9. The van der Waals surface area contributed by atoms with Crippen molar-refractivity contribution in [3.63, 3.8) is 0 Å². The normalized spacial score (nSPS) is 11.9. The minimum atomic E-state index is -0.870. The standard InChI is InChI=1S/C25H23F2N5O2S/c1-3-28-14-16-6-7-17(26)13-18(16)22-10-9-21(35-22)15(2)30-25(34)19-8-11-23(33)32(31-19)20-5-4-12-29-24(20)27/h4-13,15,28H,3,14H2,1-2H3,(H,30,34)/t15-/m1/s1. The number of halogens is 2. The average molecular weight is 496 g/mol. The van der Waals surface area contributed by atoms with Crippen molar-refractivity contribution in [3.05, 3.63) is 99.0 Å². The van der Waals surface area contributed by atoms with Crippen molar-refractivity contribution in [3.8, 4) is 16.1 Å². The fraction of sp³-hybridized carbons (Fsp3) is 0.200. The van der Waals surface area contributed by atoms with Crippen molar-refractivity contribution in [2.24, 2.45) is 0 Å². The largest absolute Gasteiger partial charge is 0.343 e. The van der Waals surface area contributed by atoms with Crippen LogP contribution in [0.5, 0.6) is 0 Å². The van der Waals surface area contributed by atoms with Crippen LogP contribution in [0.1, 0.15) is 40.8 Å². The summed E-state index contributed by atoms with van der Waals surface area (Å²) in [5.74, 6) is -1.71. The van der Waals surface area contributed by atoms with Gasteiger partial charge >= 0.3 is 0 Å². The van der Waals surface area contributed by atoms with Crippen molar-refractivity contribution in [2.45, 2.75) is 26.4 Å². The molecule has 7 nitrogen and oxygen atoms in total. The molecule has 10 heteroatoms. The second kappa shape index (κ2) is 10.7. The highest BCUT2D eigenvalue weighted by Gasteiger charge is 2.18. The molecule has 4 rings (SSSR count). The first kappa shape index (κ1) is 24.4. The van der Waals surface area contributed by atoms with Gasteiger partial charge in [0.05, 0.1) is 6.04 Å². The Labute approximate surface area is 204 Å². The molecule has 0 fully saturated rings. The Morgan fingerprint density at radius 3 is 2.74 bits per heavy atom.